The Labute approximate surface area is 121 Å². The van der Waals surface area contributed by atoms with E-state index >= 15 is 0 Å². The molecule has 3 nitrogen and oxygen atoms in total. The van der Waals surface area contributed by atoms with E-state index in [2.05, 4.69) is 16.9 Å². The first-order chi connectivity index (χ1) is 9.40. The Hall–Kier alpha value is -1.74. The molecule has 0 aliphatic heterocycles. The van der Waals surface area contributed by atoms with E-state index in [9.17, 15) is 0 Å². The van der Waals surface area contributed by atoms with E-state index in [0.29, 0.717) is 0 Å². The van der Waals surface area contributed by atoms with Crippen LogP contribution in [0.4, 0.5) is 0 Å². The molecule has 0 bridgehead atoms. The van der Waals surface area contributed by atoms with Crippen molar-refractivity contribution >= 4 is 0 Å². The van der Waals surface area contributed by atoms with Gasteiger partial charge in [0, 0.05) is 18.0 Å². The van der Waals surface area contributed by atoms with Gasteiger partial charge in [-0.2, -0.15) is 0 Å². The molecule has 0 spiro atoms. The Morgan fingerprint density at radius 3 is 2.15 bits per heavy atom. The SMILES string of the molecule is CCCCCCCc1cnc(-c2ccccc2)nc1.O. The molecule has 1 aromatic heterocycles. The minimum absolute atomic E-state index is 0. The summed E-state index contributed by atoms with van der Waals surface area (Å²) in [6.45, 7) is 2.25. The highest BCUT2D eigenvalue weighted by atomic mass is 16.0. The van der Waals surface area contributed by atoms with Crippen LogP contribution in [0.15, 0.2) is 42.7 Å². The lowest BCUT2D eigenvalue weighted by Gasteiger charge is -2.03. The van der Waals surface area contributed by atoms with E-state index in [4.69, 9.17) is 0 Å². The lowest BCUT2D eigenvalue weighted by molar-refractivity contribution is 0.631. The Morgan fingerprint density at radius 1 is 0.850 bits per heavy atom. The molecular formula is C17H24N2O. The van der Waals surface area contributed by atoms with Crippen molar-refractivity contribution in [2.45, 2.75) is 45.4 Å². The fraction of sp³-hybridized carbons (Fsp3) is 0.412. The number of hydrogen-bond acceptors (Lipinski definition) is 2. The van der Waals surface area contributed by atoms with Crippen LogP contribution in [0.1, 0.15) is 44.6 Å². The summed E-state index contributed by atoms with van der Waals surface area (Å²) in [5.41, 5.74) is 2.33. The number of unbranched alkanes of at least 4 members (excludes halogenated alkanes) is 4. The van der Waals surface area contributed by atoms with Crippen LogP contribution in [-0.4, -0.2) is 15.4 Å². The molecule has 1 heterocycles. The smallest absolute Gasteiger partial charge is 0.159 e. The minimum atomic E-state index is 0. The van der Waals surface area contributed by atoms with Gasteiger partial charge >= 0.3 is 0 Å². The van der Waals surface area contributed by atoms with Gasteiger partial charge in [-0.15, -0.1) is 0 Å². The zero-order chi connectivity index (χ0) is 13.3. The third-order valence-electron chi connectivity index (χ3n) is 3.31. The predicted octanol–water partition coefficient (Wildman–Crippen LogP) is 3.83. The number of benzene rings is 1. The summed E-state index contributed by atoms with van der Waals surface area (Å²) < 4.78 is 0. The molecule has 0 saturated carbocycles. The van der Waals surface area contributed by atoms with Crippen molar-refractivity contribution in [2.75, 3.05) is 0 Å². The van der Waals surface area contributed by atoms with Gasteiger partial charge in [-0.1, -0.05) is 62.9 Å². The molecule has 0 atom stereocenters. The molecule has 2 rings (SSSR count). The first-order valence-corrected chi connectivity index (χ1v) is 7.26. The van der Waals surface area contributed by atoms with E-state index in [1.807, 2.05) is 42.7 Å². The lowest BCUT2D eigenvalue weighted by Crippen LogP contribution is -1.93. The normalized spacial score (nSPS) is 10.1. The van der Waals surface area contributed by atoms with Crippen molar-refractivity contribution in [2.24, 2.45) is 0 Å². The standard InChI is InChI=1S/C17H22N2.H2O/c1-2-3-4-5-7-10-15-13-18-17(19-14-15)16-11-8-6-9-12-16;/h6,8-9,11-14H,2-5,7,10H2,1H3;1H2. The van der Waals surface area contributed by atoms with Gasteiger partial charge in [-0.25, -0.2) is 9.97 Å². The zero-order valence-corrected chi connectivity index (χ0v) is 12.2. The largest absolute Gasteiger partial charge is 0.412 e. The molecule has 2 aromatic rings. The number of nitrogens with zero attached hydrogens (tertiary/aromatic N) is 2. The second-order valence-electron chi connectivity index (χ2n) is 4.95. The molecule has 0 radical (unpaired) electrons. The molecular weight excluding hydrogens is 248 g/mol. The molecule has 3 heteroatoms. The van der Waals surface area contributed by atoms with E-state index < -0.39 is 0 Å². The van der Waals surface area contributed by atoms with E-state index in [1.54, 1.807) is 0 Å². The Balaban J connectivity index is 0.00000200. The summed E-state index contributed by atoms with van der Waals surface area (Å²) >= 11 is 0. The summed E-state index contributed by atoms with van der Waals surface area (Å²) in [4.78, 5) is 8.91. The van der Waals surface area contributed by atoms with Crippen LogP contribution < -0.4 is 0 Å². The average molecular weight is 272 g/mol. The second-order valence-corrected chi connectivity index (χ2v) is 4.95. The topological polar surface area (TPSA) is 57.3 Å². The maximum atomic E-state index is 4.45. The quantitative estimate of drug-likeness (QED) is 0.719. The highest BCUT2D eigenvalue weighted by Crippen LogP contribution is 2.14. The molecule has 1 aromatic carbocycles. The Kier molecular flexibility index (Phi) is 7.51. The van der Waals surface area contributed by atoms with Gasteiger partial charge in [-0.05, 0) is 18.4 Å². The molecule has 108 valence electrons. The molecule has 0 fully saturated rings. The van der Waals surface area contributed by atoms with Crippen molar-refractivity contribution in [3.8, 4) is 11.4 Å². The Bertz CT molecular complexity index is 468. The third kappa shape index (κ3) is 5.10. The van der Waals surface area contributed by atoms with Crippen LogP contribution in [0.5, 0.6) is 0 Å². The third-order valence-corrected chi connectivity index (χ3v) is 3.31. The Morgan fingerprint density at radius 2 is 1.50 bits per heavy atom. The highest BCUT2D eigenvalue weighted by Gasteiger charge is 2.00. The molecule has 0 unspecified atom stereocenters. The average Bonchev–Trinajstić information content (AvgIpc) is 2.49. The van der Waals surface area contributed by atoms with Gasteiger partial charge in [0.05, 0.1) is 0 Å². The highest BCUT2D eigenvalue weighted by molar-refractivity contribution is 5.53. The first-order valence-electron chi connectivity index (χ1n) is 7.26. The van der Waals surface area contributed by atoms with E-state index in [-0.39, 0.29) is 5.48 Å². The molecule has 0 aliphatic carbocycles. The molecule has 0 aliphatic rings. The maximum absolute atomic E-state index is 4.45. The van der Waals surface area contributed by atoms with Gasteiger partial charge < -0.3 is 5.48 Å². The number of hydrogen-bond donors (Lipinski definition) is 0. The molecule has 0 saturated heterocycles. The van der Waals surface area contributed by atoms with E-state index in [0.717, 1.165) is 17.8 Å². The molecule has 0 amide bonds. The number of aromatic nitrogens is 2. The predicted molar refractivity (Wildman–Crippen MR) is 83.5 cm³/mol. The fourth-order valence-electron chi connectivity index (χ4n) is 2.15. The van der Waals surface area contributed by atoms with Crippen LogP contribution in [0.3, 0.4) is 0 Å². The van der Waals surface area contributed by atoms with Crippen molar-refractivity contribution in [1.29, 1.82) is 0 Å². The molecule has 20 heavy (non-hydrogen) atoms. The number of aryl methyl sites for hydroxylation is 1. The van der Waals surface area contributed by atoms with Gasteiger partial charge in [0.25, 0.3) is 0 Å². The fourth-order valence-corrected chi connectivity index (χ4v) is 2.15. The van der Waals surface area contributed by atoms with Crippen molar-refractivity contribution in [1.82, 2.24) is 9.97 Å². The lowest BCUT2D eigenvalue weighted by atomic mass is 10.1. The van der Waals surface area contributed by atoms with Crippen molar-refractivity contribution in [3.05, 3.63) is 48.3 Å². The first kappa shape index (κ1) is 16.3. The number of rotatable bonds is 7. The minimum Gasteiger partial charge on any atom is -0.412 e. The van der Waals surface area contributed by atoms with Gasteiger partial charge in [0.1, 0.15) is 0 Å². The second kappa shape index (κ2) is 9.21. The summed E-state index contributed by atoms with van der Waals surface area (Å²) in [7, 11) is 0. The van der Waals surface area contributed by atoms with Crippen LogP contribution in [0.2, 0.25) is 0 Å². The van der Waals surface area contributed by atoms with Crippen LogP contribution in [-0.2, 0) is 6.42 Å². The summed E-state index contributed by atoms with van der Waals surface area (Å²) in [6, 6.07) is 10.1. The van der Waals surface area contributed by atoms with Crippen LogP contribution in [0, 0.1) is 0 Å². The summed E-state index contributed by atoms with van der Waals surface area (Å²) in [6.07, 6.45) is 11.6. The van der Waals surface area contributed by atoms with Crippen molar-refractivity contribution < 1.29 is 5.48 Å². The monoisotopic (exact) mass is 272 g/mol. The van der Waals surface area contributed by atoms with Gasteiger partial charge in [-0.3, -0.25) is 0 Å². The van der Waals surface area contributed by atoms with Gasteiger partial charge in [0.2, 0.25) is 0 Å². The zero-order valence-electron chi connectivity index (χ0n) is 12.2. The maximum Gasteiger partial charge on any atom is 0.159 e. The van der Waals surface area contributed by atoms with Crippen molar-refractivity contribution in [3.63, 3.8) is 0 Å². The summed E-state index contributed by atoms with van der Waals surface area (Å²) in [5, 5.41) is 0. The van der Waals surface area contributed by atoms with Crippen LogP contribution in [0.25, 0.3) is 11.4 Å². The van der Waals surface area contributed by atoms with Gasteiger partial charge in [0.15, 0.2) is 5.82 Å². The summed E-state index contributed by atoms with van der Waals surface area (Å²) in [5.74, 6) is 0.815. The van der Waals surface area contributed by atoms with Crippen LogP contribution >= 0.6 is 0 Å². The molecule has 2 N–H and O–H groups in total. The van der Waals surface area contributed by atoms with E-state index in [1.165, 1.54) is 37.7 Å².